The number of aromatic nitrogens is 3. The number of methoxy groups -OCH3 is 2. The number of ether oxygens (including phenoxy) is 2. The number of hydrogen-bond acceptors (Lipinski definition) is 4. The Kier molecular flexibility index (Phi) is 4.87. The summed E-state index contributed by atoms with van der Waals surface area (Å²) in [7, 11) is 3.33. The lowest BCUT2D eigenvalue weighted by molar-refractivity contribution is 0.106. The second-order valence-corrected chi connectivity index (χ2v) is 4.73. The zero-order valence-corrected chi connectivity index (χ0v) is 12.4. The first-order chi connectivity index (χ1) is 9.65. The molecule has 1 heterocycles. The minimum absolute atomic E-state index is 0.107. The Hall–Kier alpha value is -1.72. The Labute approximate surface area is 119 Å². The van der Waals surface area contributed by atoms with Gasteiger partial charge < -0.3 is 9.47 Å². The zero-order chi connectivity index (χ0) is 14.5. The van der Waals surface area contributed by atoms with Gasteiger partial charge in [0.05, 0.1) is 6.54 Å². The summed E-state index contributed by atoms with van der Waals surface area (Å²) >= 11 is 0. The van der Waals surface area contributed by atoms with Crippen molar-refractivity contribution in [2.24, 2.45) is 0 Å². The highest BCUT2D eigenvalue weighted by Gasteiger charge is 2.19. The average molecular weight is 275 g/mol. The maximum Gasteiger partial charge on any atom is 0.179 e. The van der Waals surface area contributed by atoms with E-state index in [0.717, 1.165) is 5.82 Å². The van der Waals surface area contributed by atoms with Gasteiger partial charge in [0.25, 0.3) is 0 Å². The topological polar surface area (TPSA) is 49.2 Å². The fourth-order valence-electron chi connectivity index (χ4n) is 1.93. The van der Waals surface area contributed by atoms with Crippen molar-refractivity contribution in [2.45, 2.75) is 32.6 Å². The van der Waals surface area contributed by atoms with E-state index in [1.54, 1.807) is 14.2 Å². The molecule has 0 radical (unpaired) electrons. The quantitative estimate of drug-likeness (QED) is 0.813. The third-order valence-electron chi connectivity index (χ3n) is 3.33. The molecule has 1 aromatic carbocycles. The molecule has 0 bridgehead atoms. The number of nitrogens with zero attached hydrogens (tertiary/aromatic N) is 3. The van der Waals surface area contributed by atoms with Gasteiger partial charge in [-0.05, 0) is 19.4 Å². The third kappa shape index (κ3) is 3.23. The minimum Gasteiger partial charge on any atom is -0.374 e. The Morgan fingerprint density at radius 3 is 2.30 bits per heavy atom. The van der Waals surface area contributed by atoms with E-state index in [1.807, 2.05) is 36.7 Å². The highest BCUT2D eigenvalue weighted by molar-refractivity contribution is 5.15. The van der Waals surface area contributed by atoms with E-state index in [1.165, 1.54) is 5.56 Å². The van der Waals surface area contributed by atoms with E-state index in [4.69, 9.17) is 9.47 Å². The van der Waals surface area contributed by atoms with Gasteiger partial charge in [-0.1, -0.05) is 30.3 Å². The maximum atomic E-state index is 5.38. The fraction of sp³-hybridized carbons (Fsp3) is 0.467. The largest absolute Gasteiger partial charge is 0.374 e. The SMILES string of the molecule is CO[C@@H](C)c1nc([C@H](C)OC)n(Cc2ccccc2)n1. The normalized spacial score (nSPS) is 14.2. The van der Waals surface area contributed by atoms with Crippen LogP contribution in [0, 0.1) is 0 Å². The summed E-state index contributed by atoms with van der Waals surface area (Å²) < 4.78 is 12.5. The molecular formula is C15H21N3O2. The van der Waals surface area contributed by atoms with Crippen molar-refractivity contribution in [1.29, 1.82) is 0 Å². The van der Waals surface area contributed by atoms with E-state index in [2.05, 4.69) is 22.2 Å². The van der Waals surface area contributed by atoms with E-state index in [-0.39, 0.29) is 12.2 Å². The van der Waals surface area contributed by atoms with Crippen LogP contribution >= 0.6 is 0 Å². The van der Waals surface area contributed by atoms with Crippen LogP contribution in [0.1, 0.15) is 43.3 Å². The van der Waals surface area contributed by atoms with Gasteiger partial charge >= 0.3 is 0 Å². The summed E-state index contributed by atoms with van der Waals surface area (Å²) in [6.45, 7) is 4.57. The molecule has 0 aliphatic heterocycles. The first-order valence-corrected chi connectivity index (χ1v) is 6.69. The first-order valence-electron chi connectivity index (χ1n) is 6.69. The Balaban J connectivity index is 2.32. The van der Waals surface area contributed by atoms with E-state index >= 15 is 0 Å². The molecule has 2 rings (SSSR count). The van der Waals surface area contributed by atoms with Crippen molar-refractivity contribution in [3.05, 3.63) is 47.5 Å². The molecule has 5 nitrogen and oxygen atoms in total. The second-order valence-electron chi connectivity index (χ2n) is 4.73. The fourth-order valence-corrected chi connectivity index (χ4v) is 1.93. The van der Waals surface area contributed by atoms with Crippen LogP contribution < -0.4 is 0 Å². The van der Waals surface area contributed by atoms with Crippen molar-refractivity contribution < 1.29 is 9.47 Å². The molecule has 0 N–H and O–H groups in total. The Morgan fingerprint density at radius 2 is 1.70 bits per heavy atom. The van der Waals surface area contributed by atoms with Crippen LogP contribution in [-0.4, -0.2) is 29.0 Å². The first kappa shape index (κ1) is 14.7. The van der Waals surface area contributed by atoms with Gasteiger partial charge in [-0.15, -0.1) is 0 Å². The molecule has 5 heteroatoms. The minimum atomic E-state index is -0.130. The van der Waals surface area contributed by atoms with Crippen LogP contribution in [0.3, 0.4) is 0 Å². The van der Waals surface area contributed by atoms with Gasteiger partial charge in [-0.3, -0.25) is 0 Å². The molecular weight excluding hydrogens is 254 g/mol. The summed E-state index contributed by atoms with van der Waals surface area (Å²) in [6, 6.07) is 10.2. The van der Waals surface area contributed by atoms with Gasteiger partial charge in [0.1, 0.15) is 12.2 Å². The average Bonchev–Trinajstić information content (AvgIpc) is 2.90. The van der Waals surface area contributed by atoms with Crippen LogP contribution in [0.4, 0.5) is 0 Å². The van der Waals surface area contributed by atoms with Crippen LogP contribution in [0.2, 0.25) is 0 Å². The molecule has 0 aliphatic carbocycles. The lowest BCUT2D eigenvalue weighted by atomic mass is 10.2. The molecule has 20 heavy (non-hydrogen) atoms. The summed E-state index contributed by atoms with van der Waals surface area (Å²) in [6.07, 6.45) is -0.237. The van der Waals surface area contributed by atoms with Gasteiger partial charge in [-0.25, -0.2) is 9.67 Å². The highest BCUT2D eigenvalue weighted by atomic mass is 16.5. The Morgan fingerprint density at radius 1 is 1.05 bits per heavy atom. The summed E-state index contributed by atoms with van der Waals surface area (Å²) in [5.41, 5.74) is 1.18. The Bertz CT molecular complexity index is 539. The van der Waals surface area contributed by atoms with Crippen molar-refractivity contribution in [1.82, 2.24) is 14.8 Å². The predicted octanol–water partition coefficient (Wildman–Crippen LogP) is 2.74. The predicted molar refractivity (Wildman–Crippen MR) is 76.4 cm³/mol. The summed E-state index contributed by atoms with van der Waals surface area (Å²) in [5, 5.41) is 4.55. The molecule has 0 amide bonds. The molecule has 108 valence electrons. The van der Waals surface area contributed by atoms with Crippen LogP contribution in [-0.2, 0) is 16.0 Å². The standard InChI is InChI=1S/C15H21N3O2/c1-11(19-3)14-16-15(12(2)20-4)18(17-14)10-13-8-6-5-7-9-13/h5-9,11-12H,10H2,1-4H3/t11-,12-/m0/s1. The zero-order valence-electron chi connectivity index (χ0n) is 12.4. The van der Waals surface area contributed by atoms with Gasteiger partial charge in [-0.2, -0.15) is 5.10 Å². The molecule has 0 spiro atoms. The number of rotatable bonds is 6. The molecule has 0 saturated heterocycles. The third-order valence-corrected chi connectivity index (χ3v) is 3.33. The molecule has 2 aromatic rings. The molecule has 0 aliphatic rings. The maximum absolute atomic E-state index is 5.38. The van der Waals surface area contributed by atoms with Crippen LogP contribution in [0.15, 0.2) is 30.3 Å². The van der Waals surface area contributed by atoms with Gasteiger partial charge in [0.2, 0.25) is 0 Å². The summed E-state index contributed by atoms with van der Waals surface area (Å²) in [5.74, 6) is 1.50. The molecule has 0 unspecified atom stereocenters. The highest BCUT2D eigenvalue weighted by Crippen LogP contribution is 2.19. The monoisotopic (exact) mass is 275 g/mol. The molecule has 0 fully saturated rings. The van der Waals surface area contributed by atoms with Crippen LogP contribution in [0.5, 0.6) is 0 Å². The smallest absolute Gasteiger partial charge is 0.179 e. The van der Waals surface area contributed by atoms with Crippen molar-refractivity contribution in [3.8, 4) is 0 Å². The van der Waals surface area contributed by atoms with E-state index < -0.39 is 0 Å². The van der Waals surface area contributed by atoms with Gasteiger partial charge in [0.15, 0.2) is 11.6 Å². The van der Waals surface area contributed by atoms with Crippen molar-refractivity contribution in [3.63, 3.8) is 0 Å². The molecule has 2 atom stereocenters. The van der Waals surface area contributed by atoms with Crippen molar-refractivity contribution >= 4 is 0 Å². The van der Waals surface area contributed by atoms with E-state index in [0.29, 0.717) is 12.4 Å². The van der Waals surface area contributed by atoms with E-state index in [9.17, 15) is 0 Å². The number of benzene rings is 1. The van der Waals surface area contributed by atoms with Crippen LogP contribution in [0.25, 0.3) is 0 Å². The lowest BCUT2D eigenvalue weighted by Gasteiger charge is -2.10. The second kappa shape index (κ2) is 6.63. The molecule has 1 aromatic heterocycles. The van der Waals surface area contributed by atoms with Crippen molar-refractivity contribution in [2.75, 3.05) is 14.2 Å². The van der Waals surface area contributed by atoms with Gasteiger partial charge in [0, 0.05) is 14.2 Å². The molecule has 0 saturated carbocycles. The lowest BCUT2D eigenvalue weighted by Crippen LogP contribution is -2.10. The summed E-state index contributed by atoms with van der Waals surface area (Å²) in [4.78, 5) is 4.55. The number of hydrogen-bond donors (Lipinski definition) is 0.